The van der Waals surface area contributed by atoms with E-state index in [1.165, 1.54) is 0 Å². The van der Waals surface area contributed by atoms with Gasteiger partial charge in [-0.15, -0.1) is 0 Å². The first kappa shape index (κ1) is 34.2. The van der Waals surface area contributed by atoms with Gasteiger partial charge >= 0.3 is 51.4 Å². The fourth-order valence-corrected chi connectivity index (χ4v) is 2.77. The molecule has 0 rings (SSSR count). The first-order valence-corrected chi connectivity index (χ1v) is 11.2. The molecule has 0 aromatic heterocycles. The number of hydrogen-bond donors (Lipinski definition) is 3. The van der Waals surface area contributed by atoms with Gasteiger partial charge in [0.1, 0.15) is 21.2 Å². The maximum Gasteiger partial charge on any atom is 1.00 e. The van der Waals surface area contributed by atoms with Gasteiger partial charge in [-0.2, -0.15) is 0 Å². The predicted octanol–water partition coefficient (Wildman–Crippen LogP) is -2.77. The summed E-state index contributed by atoms with van der Waals surface area (Å²) in [6.45, 7) is 7.91. The zero-order valence-electron chi connectivity index (χ0n) is 18.7. The smallest absolute Gasteiger partial charge is 0.747 e. The molecule has 0 spiro atoms. The zero-order valence-corrected chi connectivity index (χ0v) is 22.6. The van der Waals surface area contributed by atoms with Crippen molar-refractivity contribution in [2.75, 3.05) is 19.6 Å². The van der Waals surface area contributed by atoms with E-state index in [9.17, 15) is 32.1 Å². The second kappa shape index (κ2) is 20.5. The van der Waals surface area contributed by atoms with E-state index in [4.69, 9.17) is 0 Å². The molecule has 170 valence electrons. The Morgan fingerprint density at radius 3 is 1.60 bits per heavy atom. The molecule has 0 bridgehead atoms. The summed E-state index contributed by atoms with van der Waals surface area (Å²) >= 11 is 0. The van der Waals surface area contributed by atoms with Gasteiger partial charge in [-0.1, -0.05) is 20.8 Å². The summed E-state index contributed by atoms with van der Waals surface area (Å²) in [5.41, 5.74) is 0. The standard InChI is InChI=1S/C11H20N2O6S.C7H15NO.K/c1-3-4-10(15)12-5-6-13-11(16)9(7-8(2)14)20(17,18)19;1-3-5-7(9)8-6-4-2;/h9H,3-7H2,1-2H3,(H,12,15)(H,13,16)(H,17,18,19);3-6H2,1-2H3,(H,8,9);/q;;+1/p-1. The first-order valence-electron chi connectivity index (χ1n) is 9.74. The van der Waals surface area contributed by atoms with Crippen molar-refractivity contribution in [1.82, 2.24) is 16.0 Å². The molecule has 0 radical (unpaired) electrons. The summed E-state index contributed by atoms with van der Waals surface area (Å²) in [4.78, 5) is 44.2. The van der Waals surface area contributed by atoms with Crippen molar-refractivity contribution in [3.8, 4) is 0 Å². The molecule has 3 N–H and O–H groups in total. The van der Waals surface area contributed by atoms with Crippen molar-refractivity contribution in [3.63, 3.8) is 0 Å². The molecule has 30 heavy (non-hydrogen) atoms. The van der Waals surface area contributed by atoms with Crippen LogP contribution in [-0.2, 0) is 29.3 Å². The van der Waals surface area contributed by atoms with E-state index in [0.29, 0.717) is 19.3 Å². The van der Waals surface area contributed by atoms with Gasteiger partial charge in [0.25, 0.3) is 0 Å². The number of nitrogens with one attached hydrogen (secondary N) is 3. The van der Waals surface area contributed by atoms with Crippen molar-refractivity contribution in [1.29, 1.82) is 0 Å². The molecule has 0 aliphatic rings. The van der Waals surface area contributed by atoms with Crippen LogP contribution in [0.1, 0.15) is 66.2 Å². The molecular formula is C18H34KN3O7S. The van der Waals surface area contributed by atoms with Gasteiger partial charge in [-0.3, -0.25) is 19.2 Å². The summed E-state index contributed by atoms with van der Waals surface area (Å²) in [6.07, 6.45) is 3.02. The van der Waals surface area contributed by atoms with Crippen molar-refractivity contribution in [3.05, 3.63) is 0 Å². The van der Waals surface area contributed by atoms with E-state index < -0.39 is 33.5 Å². The van der Waals surface area contributed by atoms with Crippen LogP contribution in [0.2, 0.25) is 0 Å². The molecule has 0 aromatic rings. The van der Waals surface area contributed by atoms with Crippen LogP contribution >= 0.6 is 0 Å². The quantitative estimate of drug-likeness (QED) is 0.147. The van der Waals surface area contributed by atoms with Gasteiger partial charge in [-0.05, 0) is 26.2 Å². The molecule has 10 nitrogen and oxygen atoms in total. The number of Topliss-reactive ketones (excluding diaryl/α,β-unsaturated/α-hetero) is 1. The molecule has 0 aromatic carbocycles. The largest absolute Gasteiger partial charge is 1.00 e. The van der Waals surface area contributed by atoms with Crippen LogP contribution in [0.25, 0.3) is 0 Å². The van der Waals surface area contributed by atoms with E-state index in [2.05, 4.69) is 16.0 Å². The molecule has 0 saturated carbocycles. The van der Waals surface area contributed by atoms with Crippen molar-refractivity contribution < 1.29 is 83.5 Å². The summed E-state index contributed by atoms with van der Waals surface area (Å²) in [7, 11) is -4.89. The van der Waals surface area contributed by atoms with Crippen LogP contribution in [0, 0.1) is 0 Å². The molecule has 12 heteroatoms. The monoisotopic (exact) mass is 475 g/mol. The van der Waals surface area contributed by atoms with Crippen molar-refractivity contribution in [2.45, 2.75) is 71.5 Å². The molecule has 0 aliphatic heterocycles. The molecule has 0 saturated heterocycles. The number of hydrogen-bond acceptors (Lipinski definition) is 7. The Labute approximate surface area is 222 Å². The predicted molar refractivity (Wildman–Crippen MR) is 108 cm³/mol. The molecule has 1 atom stereocenters. The molecule has 3 amide bonds. The van der Waals surface area contributed by atoms with Crippen LogP contribution in [0.4, 0.5) is 0 Å². The second-order valence-electron chi connectivity index (χ2n) is 6.38. The Hall–Kier alpha value is -0.374. The Bertz CT molecular complexity index is 627. The van der Waals surface area contributed by atoms with Crippen molar-refractivity contribution >= 4 is 33.6 Å². The fourth-order valence-electron chi connectivity index (χ4n) is 1.98. The van der Waals surface area contributed by atoms with Crippen molar-refractivity contribution in [2.24, 2.45) is 0 Å². The van der Waals surface area contributed by atoms with Gasteiger partial charge < -0.3 is 20.5 Å². The number of rotatable bonds is 13. The Morgan fingerprint density at radius 2 is 1.23 bits per heavy atom. The first-order chi connectivity index (χ1) is 13.5. The molecule has 1 unspecified atom stereocenters. The molecular weight excluding hydrogens is 441 g/mol. The zero-order chi connectivity index (χ0) is 22.9. The van der Waals surface area contributed by atoms with E-state index in [1.807, 2.05) is 20.8 Å². The Balaban J connectivity index is -0.000000616. The van der Waals surface area contributed by atoms with Crippen LogP contribution in [0.3, 0.4) is 0 Å². The maximum atomic E-state index is 11.5. The average Bonchev–Trinajstić information content (AvgIpc) is 2.61. The van der Waals surface area contributed by atoms with Crippen LogP contribution < -0.4 is 67.3 Å². The van der Waals surface area contributed by atoms with E-state index >= 15 is 0 Å². The number of carbonyl (C=O) groups is 4. The van der Waals surface area contributed by atoms with Crippen LogP contribution in [0.15, 0.2) is 0 Å². The second-order valence-corrected chi connectivity index (χ2v) is 7.93. The number of ketones is 1. The summed E-state index contributed by atoms with van der Waals surface area (Å²) in [6, 6.07) is 0. The molecule has 0 fully saturated rings. The van der Waals surface area contributed by atoms with Crippen LogP contribution in [0.5, 0.6) is 0 Å². The van der Waals surface area contributed by atoms with Gasteiger partial charge in [0, 0.05) is 38.9 Å². The minimum Gasteiger partial charge on any atom is -0.747 e. The topological polar surface area (TPSA) is 162 Å². The van der Waals surface area contributed by atoms with E-state index in [0.717, 1.165) is 26.3 Å². The maximum absolute atomic E-state index is 11.5. The Kier molecular flexibility index (Phi) is 23.4. The fraction of sp³-hybridized carbons (Fsp3) is 0.778. The van der Waals surface area contributed by atoms with Gasteiger partial charge in [0.05, 0.1) is 0 Å². The summed E-state index contributed by atoms with van der Waals surface area (Å²) in [5.74, 6) is -1.60. The average molecular weight is 476 g/mol. The molecule has 0 aliphatic carbocycles. The van der Waals surface area contributed by atoms with Gasteiger partial charge in [-0.25, -0.2) is 8.42 Å². The Morgan fingerprint density at radius 1 is 0.800 bits per heavy atom. The number of amides is 3. The molecule has 0 heterocycles. The SMILES string of the molecule is CCCC(=O)NCCNC(=O)C(CC(C)=O)S(=O)(=O)[O-].CCCNC(=O)CCC.[K+]. The minimum atomic E-state index is -4.89. The number of carbonyl (C=O) groups excluding carboxylic acids is 4. The van der Waals surface area contributed by atoms with Crippen LogP contribution in [-0.4, -0.2) is 61.4 Å². The van der Waals surface area contributed by atoms with Gasteiger partial charge in [0.15, 0.2) is 0 Å². The minimum absolute atomic E-state index is 0. The van der Waals surface area contributed by atoms with Gasteiger partial charge in [0.2, 0.25) is 17.7 Å². The summed E-state index contributed by atoms with van der Waals surface area (Å²) in [5, 5.41) is 5.59. The van der Waals surface area contributed by atoms with E-state index in [-0.39, 0.29) is 76.3 Å². The third-order valence-corrected chi connectivity index (χ3v) is 4.46. The van der Waals surface area contributed by atoms with E-state index in [1.54, 1.807) is 0 Å². The third kappa shape index (κ3) is 20.9. The normalized spacial score (nSPS) is 11.1. The summed E-state index contributed by atoms with van der Waals surface area (Å²) < 4.78 is 32.7. The third-order valence-electron chi connectivity index (χ3n) is 3.39.